The molecule has 1 N–H and O–H groups in total. The second kappa shape index (κ2) is 6.42. The maximum absolute atomic E-state index is 5.44. The maximum atomic E-state index is 5.44. The Hall–Kier alpha value is -2.03. The molecular formula is C17H22N2O. The van der Waals surface area contributed by atoms with E-state index in [9.17, 15) is 0 Å². The van der Waals surface area contributed by atoms with E-state index in [2.05, 4.69) is 48.4 Å². The minimum atomic E-state index is 0.704. The third-order valence-electron chi connectivity index (χ3n) is 3.54. The van der Waals surface area contributed by atoms with Gasteiger partial charge >= 0.3 is 0 Å². The van der Waals surface area contributed by atoms with Gasteiger partial charge < -0.3 is 10.1 Å². The zero-order valence-electron chi connectivity index (χ0n) is 12.7. The molecule has 1 heterocycles. The van der Waals surface area contributed by atoms with Crippen molar-refractivity contribution in [2.24, 2.45) is 0 Å². The van der Waals surface area contributed by atoms with Crippen molar-refractivity contribution in [3.8, 4) is 5.75 Å². The molecule has 2 rings (SSSR count). The number of benzene rings is 1. The fourth-order valence-electron chi connectivity index (χ4n) is 2.34. The first-order valence-electron chi connectivity index (χ1n) is 6.97. The van der Waals surface area contributed by atoms with E-state index in [4.69, 9.17) is 4.74 Å². The van der Waals surface area contributed by atoms with E-state index in [1.54, 1.807) is 7.11 Å². The number of pyridine rings is 1. The minimum absolute atomic E-state index is 0.704. The second-order valence-corrected chi connectivity index (χ2v) is 4.95. The molecule has 3 nitrogen and oxygen atoms in total. The van der Waals surface area contributed by atoms with Crippen molar-refractivity contribution in [3.63, 3.8) is 0 Å². The lowest BCUT2D eigenvalue weighted by atomic mass is 10.1. The predicted octanol–water partition coefficient (Wildman–Crippen LogP) is 3.88. The van der Waals surface area contributed by atoms with Gasteiger partial charge in [-0.2, -0.15) is 0 Å². The Balaban J connectivity index is 2.14. The van der Waals surface area contributed by atoms with Crippen LogP contribution in [0.2, 0.25) is 0 Å². The van der Waals surface area contributed by atoms with Gasteiger partial charge in [0.1, 0.15) is 5.75 Å². The molecule has 2 aromatic rings. The Labute approximate surface area is 121 Å². The molecule has 20 heavy (non-hydrogen) atoms. The smallest absolute Gasteiger partial charge is 0.128 e. The van der Waals surface area contributed by atoms with Crippen molar-refractivity contribution in [2.75, 3.05) is 12.4 Å². The molecule has 0 amide bonds. The summed E-state index contributed by atoms with van der Waals surface area (Å²) in [6, 6.07) is 8.49. The van der Waals surface area contributed by atoms with Gasteiger partial charge in [0, 0.05) is 23.0 Å². The number of ether oxygens (including phenoxy) is 1. The van der Waals surface area contributed by atoms with Crippen LogP contribution in [0.3, 0.4) is 0 Å². The van der Waals surface area contributed by atoms with E-state index in [1.807, 2.05) is 13.1 Å². The van der Waals surface area contributed by atoms with Gasteiger partial charge in [0.25, 0.3) is 0 Å². The number of nitrogens with zero attached hydrogens (tertiary/aromatic N) is 1. The van der Waals surface area contributed by atoms with Gasteiger partial charge in [0.05, 0.1) is 19.3 Å². The summed E-state index contributed by atoms with van der Waals surface area (Å²) in [5, 5.41) is 3.43. The number of hydrogen-bond acceptors (Lipinski definition) is 3. The monoisotopic (exact) mass is 270 g/mol. The highest BCUT2D eigenvalue weighted by Gasteiger charge is 2.09. The van der Waals surface area contributed by atoms with Crippen molar-refractivity contribution in [1.29, 1.82) is 0 Å². The molecule has 106 valence electrons. The number of aryl methyl sites for hydroxylation is 2. The molecule has 0 saturated carbocycles. The Morgan fingerprint density at radius 2 is 2.05 bits per heavy atom. The van der Waals surface area contributed by atoms with E-state index < -0.39 is 0 Å². The van der Waals surface area contributed by atoms with Gasteiger partial charge in [-0.15, -0.1) is 0 Å². The largest absolute Gasteiger partial charge is 0.496 e. The first-order chi connectivity index (χ1) is 9.65. The van der Waals surface area contributed by atoms with Gasteiger partial charge in [-0.1, -0.05) is 19.1 Å². The van der Waals surface area contributed by atoms with Crippen LogP contribution in [0, 0.1) is 13.8 Å². The third kappa shape index (κ3) is 3.10. The summed E-state index contributed by atoms with van der Waals surface area (Å²) in [6.07, 6.45) is 2.91. The number of aromatic nitrogens is 1. The van der Waals surface area contributed by atoms with Crippen LogP contribution in [0.5, 0.6) is 5.75 Å². The van der Waals surface area contributed by atoms with Crippen LogP contribution in [-0.4, -0.2) is 12.1 Å². The molecule has 0 aliphatic carbocycles. The lowest BCUT2D eigenvalue weighted by Gasteiger charge is -2.13. The molecule has 0 radical (unpaired) electrons. The highest BCUT2D eigenvalue weighted by molar-refractivity contribution is 5.47. The van der Waals surface area contributed by atoms with Gasteiger partial charge in [-0.3, -0.25) is 4.98 Å². The molecule has 0 unspecified atom stereocenters. The van der Waals surface area contributed by atoms with Crippen LogP contribution < -0.4 is 10.1 Å². The standard InChI is InChI=1S/C17H22N2O/c1-5-14-7-6-8-15(9-14)18-11-16-13(3)17(20-4)12(2)10-19-16/h6-10,18H,5,11H2,1-4H3. The summed E-state index contributed by atoms with van der Waals surface area (Å²) in [4.78, 5) is 4.50. The van der Waals surface area contributed by atoms with Crippen LogP contribution in [0.4, 0.5) is 5.69 Å². The summed E-state index contributed by atoms with van der Waals surface area (Å²) in [5.41, 5.74) is 5.66. The van der Waals surface area contributed by atoms with Gasteiger partial charge in [-0.25, -0.2) is 0 Å². The van der Waals surface area contributed by atoms with Crippen LogP contribution in [0.15, 0.2) is 30.5 Å². The van der Waals surface area contributed by atoms with Gasteiger partial charge in [-0.05, 0) is 38.0 Å². The average molecular weight is 270 g/mol. The quantitative estimate of drug-likeness (QED) is 0.895. The van der Waals surface area contributed by atoms with Crippen molar-refractivity contribution in [2.45, 2.75) is 33.7 Å². The number of methoxy groups -OCH3 is 1. The lowest BCUT2D eigenvalue weighted by Crippen LogP contribution is -2.06. The Kier molecular flexibility index (Phi) is 4.61. The maximum Gasteiger partial charge on any atom is 0.128 e. The van der Waals surface area contributed by atoms with Crippen LogP contribution in [-0.2, 0) is 13.0 Å². The molecule has 0 aliphatic rings. The predicted molar refractivity (Wildman–Crippen MR) is 83.4 cm³/mol. The third-order valence-corrected chi connectivity index (χ3v) is 3.54. The Morgan fingerprint density at radius 1 is 1.25 bits per heavy atom. The molecule has 0 fully saturated rings. The first-order valence-corrected chi connectivity index (χ1v) is 6.97. The number of rotatable bonds is 5. The van der Waals surface area contributed by atoms with E-state index in [1.165, 1.54) is 5.56 Å². The average Bonchev–Trinajstić information content (AvgIpc) is 2.47. The molecular weight excluding hydrogens is 248 g/mol. The van der Waals surface area contributed by atoms with E-state index >= 15 is 0 Å². The summed E-state index contributed by atoms with van der Waals surface area (Å²) in [7, 11) is 1.71. The molecule has 0 bridgehead atoms. The summed E-state index contributed by atoms with van der Waals surface area (Å²) in [5.74, 6) is 0.930. The molecule has 1 aromatic heterocycles. The number of hydrogen-bond donors (Lipinski definition) is 1. The summed E-state index contributed by atoms with van der Waals surface area (Å²) < 4.78 is 5.44. The van der Waals surface area contributed by atoms with Gasteiger partial charge in [0.2, 0.25) is 0 Å². The van der Waals surface area contributed by atoms with Crippen molar-refractivity contribution < 1.29 is 4.74 Å². The zero-order valence-corrected chi connectivity index (χ0v) is 12.7. The normalized spacial score (nSPS) is 10.4. The van der Waals surface area contributed by atoms with Crippen molar-refractivity contribution >= 4 is 5.69 Å². The minimum Gasteiger partial charge on any atom is -0.496 e. The highest BCUT2D eigenvalue weighted by Crippen LogP contribution is 2.24. The molecule has 0 saturated heterocycles. The first kappa shape index (κ1) is 14.4. The number of anilines is 1. The molecule has 1 aromatic carbocycles. The highest BCUT2D eigenvalue weighted by atomic mass is 16.5. The van der Waals surface area contributed by atoms with Crippen molar-refractivity contribution in [3.05, 3.63) is 52.8 Å². The van der Waals surface area contributed by atoms with E-state index in [0.29, 0.717) is 6.54 Å². The van der Waals surface area contributed by atoms with Crippen LogP contribution in [0.25, 0.3) is 0 Å². The molecule has 0 atom stereocenters. The lowest BCUT2D eigenvalue weighted by molar-refractivity contribution is 0.407. The Bertz CT molecular complexity index is 594. The van der Waals surface area contributed by atoms with Crippen LogP contribution >= 0.6 is 0 Å². The number of nitrogens with one attached hydrogen (secondary N) is 1. The molecule has 0 aliphatic heterocycles. The fraction of sp³-hybridized carbons (Fsp3) is 0.353. The topological polar surface area (TPSA) is 34.2 Å². The Morgan fingerprint density at radius 3 is 2.75 bits per heavy atom. The fourth-order valence-corrected chi connectivity index (χ4v) is 2.34. The summed E-state index contributed by atoms with van der Waals surface area (Å²) in [6.45, 7) is 6.93. The zero-order chi connectivity index (χ0) is 14.5. The van der Waals surface area contributed by atoms with Crippen molar-refractivity contribution in [1.82, 2.24) is 4.98 Å². The van der Waals surface area contributed by atoms with Gasteiger partial charge in [0.15, 0.2) is 0 Å². The molecule has 3 heteroatoms. The SMILES string of the molecule is CCc1cccc(NCc2ncc(C)c(OC)c2C)c1. The van der Waals surface area contributed by atoms with Crippen LogP contribution in [0.1, 0.15) is 29.3 Å². The van der Waals surface area contributed by atoms with E-state index in [-0.39, 0.29) is 0 Å². The molecule has 0 spiro atoms. The second-order valence-electron chi connectivity index (χ2n) is 4.95. The van der Waals surface area contributed by atoms with E-state index in [0.717, 1.165) is 34.7 Å². The summed E-state index contributed by atoms with van der Waals surface area (Å²) >= 11 is 0.